The summed E-state index contributed by atoms with van der Waals surface area (Å²) in [5.74, 6) is -1.82. The van der Waals surface area contributed by atoms with Crippen molar-refractivity contribution in [2.24, 2.45) is 0 Å². The van der Waals surface area contributed by atoms with Crippen molar-refractivity contribution < 1.29 is 30.0 Å². The molecule has 0 bridgehead atoms. The third kappa shape index (κ3) is 68.5. The Morgan fingerprint density at radius 1 is 0.439 bits per heavy atom. The second kappa shape index (κ2) is 49.3. The van der Waals surface area contributed by atoms with Crippen molar-refractivity contribution in [3.63, 3.8) is 0 Å². The molecule has 0 aromatic rings. The molecule has 0 aromatic carbocycles. The van der Waals surface area contributed by atoms with E-state index in [1.807, 2.05) is 0 Å². The van der Waals surface area contributed by atoms with Gasteiger partial charge in [-0.05, 0) is 25.7 Å². The minimum Gasteiger partial charge on any atom is -0.394 e. The van der Waals surface area contributed by atoms with Gasteiger partial charge in [-0.2, -0.15) is 0 Å². The number of carboxylic acids is 2. The van der Waals surface area contributed by atoms with Gasteiger partial charge in [-0.15, -0.1) is 0 Å². The smallest absolute Gasteiger partial charge is 0.0662 e. The number of unbranched alkanes of at least 4 members (excludes halogenated alkanes) is 18. The maximum absolute atomic E-state index is 10.1. The molecule has 41 heavy (non-hydrogen) atoms. The van der Waals surface area contributed by atoms with Gasteiger partial charge in [-0.25, -0.2) is 0 Å². The van der Waals surface area contributed by atoms with Crippen molar-refractivity contribution in [2.45, 2.75) is 191 Å². The third-order valence-corrected chi connectivity index (χ3v) is 10.5. The topological polar surface area (TPSA) is 121 Å². The average molecular weight is 694 g/mol. The molecular formula is C34H70O6Sn. The van der Waals surface area contributed by atoms with Crippen molar-refractivity contribution in [2.75, 3.05) is 13.2 Å². The first kappa shape index (κ1) is 47.6. The van der Waals surface area contributed by atoms with Crippen molar-refractivity contribution in [1.29, 1.82) is 0 Å². The summed E-state index contributed by atoms with van der Waals surface area (Å²) in [6.07, 6.45) is 28.2. The first-order valence-electron chi connectivity index (χ1n) is 17.2. The molecule has 0 aromatic heterocycles. The van der Waals surface area contributed by atoms with Crippen LogP contribution in [-0.4, -0.2) is 56.5 Å². The molecule has 0 amide bonds. The molecule has 0 spiro atoms. The van der Waals surface area contributed by atoms with Gasteiger partial charge in [0.25, 0.3) is 0 Å². The van der Waals surface area contributed by atoms with E-state index in [0.29, 0.717) is 0 Å². The van der Waals surface area contributed by atoms with E-state index in [1.54, 1.807) is 8.87 Å². The molecule has 2 N–H and O–H groups in total. The van der Waals surface area contributed by atoms with Crippen LogP contribution in [0.25, 0.3) is 0 Å². The Balaban J connectivity index is -0.000000239. The van der Waals surface area contributed by atoms with Crippen LogP contribution >= 0.6 is 0 Å². The Kier molecular flexibility index (Phi) is 57.3. The Morgan fingerprint density at radius 2 is 0.683 bits per heavy atom. The van der Waals surface area contributed by atoms with Gasteiger partial charge in [0.1, 0.15) is 0 Å². The number of aliphatic hydroxyl groups excluding tert-OH is 2. The van der Waals surface area contributed by atoms with Crippen LogP contribution in [0, 0.1) is 0 Å². The number of hydrogen-bond acceptors (Lipinski definition) is 6. The standard InChI is InChI=1S/2C12H24O2.2C4H9.C2H6O2.Sn/c2*1-2-3-4-5-6-7-8-9-10-11-12(13)14;2*1-3-4-2;3-1-2-4;/h2*2-11H2,1H3,(H,13,14);2*1,3-4H2,2H3;3-4H,1-2H2;/q;;;;;+2/p-2. The molecule has 0 saturated carbocycles. The first-order valence-corrected chi connectivity index (χ1v) is 21.2. The van der Waals surface area contributed by atoms with Crippen LogP contribution in [0.2, 0.25) is 8.87 Å². The Labute approximate surface area is 266 Å². The van der Waals surface area contributed by atoms with Gasteiger partial charge >= 0.3 is 69.5 Å². The summed E-state index contributed by atoms with van der Waals surface area (Å²) >= 11 is 0.149. The number of carbonyl (C=O) groups is 2. The maximum Gasteiger partial charge on any atom is 0.0662 e. The molecule has 0 rings (SSSR count). The van der Waals surface area contributed by atoms with Gasteiger partial charge in [0.15, 0.2) is 0 Å². The molecule has 0 saturated heterocycles. The van der Waals surface area contributed by atoms with Crippen molar-refractivity contribution in [1.82, 2.24) is 0 Å². The van der Waals surface area contributed by atoms with Crippen LogP contribution in [-0.2, 0) is 9.59 Å². The molecule has 0 heterocycles. The normalized spacial score (nSPS) is 9.80. The zero-order valence-electron chi connectivity index (χ0n) is 27.8. The molecule has 0 aliphatic carbocycles. The Morgan fingerprint density at radius 3 is 0.902 bits per heavy atom. The van der Waals surface area contributed by atoms with E-state index in [9.17, 15) is 19.8 Å². The van der Waals surface area contributed by atoms with E-state index < -0.39 is 11.9 Å². The van der Waals surface area contributed by atoms with Crippen LogP contribution in [0.15, 0.2) is 0 Å². The molecule has 0 radical (unpaired) electrons. The summed E-state index contributed by atoms with van der Waals surface area (Å²) in [5.41, 5.74) is 0. The van der Waals surface area contributed by atoms with E-state index in [1.165, 1.54) is 116 Å². The van der Waals surface area contributed by atoms with Gasteiger partial charge in [-0.3, -0.25) is 0 Å². The van der Waals surface area contributed by atoms with Crippen molar-refractivity contribution in [3.8, 4) is 0 Å². The number of carbonyl (C=O) groups excluding carboxylic acids is 2. The minimum atomic E-state index is -0.909. The van der Waals surface area contributed by atoms with Crippen LogP contribution in [0.4, 0.5) is 0 Å². The molecule has 0 unspecified atom stereocenters. The summed E-state index contributed by atoms with van der Waals surface area (Å²) in [4.78, 5) is 20.2. The van der Waals surface area contributed by atoms with Gasteiger partial charge in [0, 0.05) is 11.9 Å². The molecule has 0 atom stereocenters. The number of rotatable bonds is 27. The first-order chi connectivity index (χ1) is 19.9. The molecule has 7 heteroatoms. The molecular weight excluding hydrogens is 623 g/mol. The predicted octanol–water partition coefficient (Wildman–Crippen LogP) is 7.41. The van der Waals surface area contributed by atoms with Crippen molar-refractivity contribution in [3.05, 3.63) is 0 Å². The zero-order chi connectivity index (χ0) is 31.7. The SMILES string of the molecule is CCCCCCCCCCCC(=O)[O-].CCCCCCCCCCCC(=O)[O-].CCC[CH2][Sn+2][CH2]CCC.OCCO. The second-order valence-electron chi connectivity index (χ2n) is 10.8. The van der Waals surface area contributed by atoms with Gasteiger partial charge < -0.3 is 30.0 Å². The van der Waals surface area contributed by atoms with Crippen LogP contribution in [0.5, 0.6) is 0 Å². The monoisotopic (exact) mass is 694 g/mol. The van der Waals surface area contributed by atoms with Crippen molar-refractivity contribution >= 4 is 33.1 Å². The van der Waals surface area contributed by atoms with Gasteiger partial charge in [-0.1, -0.05) is 117 Å². The number of aliphatic hydroxyl groups is 2. The summed E-state index contributed by atoms with van der Waals surface area (Å²) in [5, 5.41) is 35.4. The number of carboxylic acid groups (broad SMARTS) is 2. The second-order valence-corrected chi connectivity index (χ2v) is 15.1. The summed E-state index contributed by atoms with van der Waals surface area (Å²) in [6.45, 7) is 8.78. The fourth-order valence-corrected chi connectivity index (χ4v) is 8.05. The third-order valence-electron chi connectivity index (χ3n) is 6.48. The summed E-state index contributed by atoms with van der Waals surface area (Å²) in [6, 6.07) is 0. The predicted molar refractivity (Wildman–Crippen MR) is 173 cm³/mol. The summed E-state index contributed by atoms with van der Waals surface area (Å²) in [7, 11) is 0. The zero-order valence-corrected chi connectivity index (χ0v) is 30.7. The van der Waals surface area contributed by atoms with E-state index in [2.05, 4.69) is 27.7 Å². The number of aliphatic carboxylic acids is 2. The van der Waals surface area contributed by atoms with Crippen LogP contribution in [0.3, 0.4) is 0 Å². The van der Waals surface area contributed by atoms with E-state index in [-0.39, 0.29) is 47.2 Å². The van der Waals surface area contributed by atoms with Gasteiger partial charge in [0.05, 0.1) is 13.2 Å². The molecule has 0 fully saturated rings. The molecule has 0 aliphatic heterocycles. The molecule has 6 nitrogen and oxygen atoms in total. The Bertz CT molecular complexity index is 422. The molecule has 246 valence electrons. The largest absolute Gasteiger partial charge is 0.394 e. The fraction of sp³-hybridized carbons (Fsp3) is 0.941. The van der Waals surface area contributed by atoms with Gasteiger partial charge in [0.2, 0.25) is 0 Å². The average Bonchev–Trinajstić information content (AvgIpc) is 2.96. The maximum atomic E-state index is 10.1. The summed E-state index contributed by atoms with van der Waals surface area (Å²) < 4.78 is 3.25. The van der Waals surface area contributed by atoms with E-state index >= 15 is 0 Å². The Hall–Kier alpha value is -0.341. The number of hydrogen-bond donors (Lipinski definition) is 2. The fourth-order valence-electron chi connectivity index (χ4n) is 3.89. The van der Waals surface area contributed by atoms with Crippen LogP contribution in [0.1, 0.15) is 182 Å². The van der Waals surface area contributed by atoms with Crippen LogP contribution < -0.4 is 10.2 Å². The quantitative estimate of drug-likeness (QED) is 0.0683. The minimum absolute atomic E-state index is 0.125. The molecule has 0 aliphatic rings. The van der Waals surface area contributed by atoms with E-state index in [4.69, 9.17) is 10.2 Å². The van der Waals surface area contributed by atoms with E-state index in [0.717, 1.165) is 25.7 Å².